The zero-order valence-corrected chi connectivity index (χ0v) is 20.1. The Kier molecular flexibility index (Phi) is 9.11. The first-order chi connectivity index (χ1) is 15.9. The van der Waals surface area contributed by atoms with Crippen LogP contribution in [0.25, 0.3) is 0 Å². The topological polar surface area (TPSA) is 85.2 Å². The van der Waals surface area contributed by atoms with E-state index in [0.717, 1.165) is 41.7 Å². The summed E-state index contributed by atoms with van der Waals surface area (Å²) in [5, 5.41) is 10.5. The summed E-state index contributed by atoms with van der Waals surface area (Å²) in [7, 11) is 0. The number of aliphatic hydroxyl groups is 1. The molecule has 0 radical (unpaired) electrons. The monoisotopic (exact) mass is 469 g/mol. The highest BCUT2D eigenvalue weighted by molar-refractivity contribution is 7.14. The highest BCUT2D eigenvalue weighted by Crippen LogP contribution is 2.33. The molecule has 0 saturated heterocycles. The summed E-state index contributed by atoms with van der Waals surface area (Å²) in [5.74, 6) is -0.652. The summed E-state index contributed by atoms with van der Waals surface area (Å²) in [5.41, 5.74) is 2.32. The molecule has 0 fully saturated rings. The normalized spacial score (nSPS) is 15.1. The minimum Gasteiger partial charge on any atom is -0.459 e. The zero-order valence-electron chi connectivity index (χ0n) is 19.3. The SMILES string of the molecule is CCCCC[C@H](O)c1ccc([C@@H](OCC2=NC(=O)C=C2)c2ccc(C(=O)OC(C)C)s2)cc1. The molecule has 1 aliphatic heterocycles. The van der Waals surface area contributed by atoms with Crippen molar-refractivity contribution in [3.63, 3.8) is 0 Å². The van der Waals surface area contributed by atoms with Gasteiger partial charge in [0.05, 0.1) is 24.5 Å². The number of thiophene rings is 1. The second-order valence-electron chi connectivity index (χ2n) is 8.30. The van der Waals surface area contributed by atoms with E-state index in [-0.39, 0.29) is 24.6 Å². The predicted molar refractivity (Wildman–Crippen MR) is 130 cm³/mol. The number of unbranched alkanes of at least 4 members (excludes halogenated alkanes) is 2. The fourth-order valence-corrected chi connectivity index (χ4v) is 4.47. The van der Waals surface area contributed by atoms with Crippen molar-refractivity contribution in [2.75, 3.05) is 6.61 Å². The molecule has 0 aliphatic carbocycles. The van der Waals surface area contributed by atoms with Crippen molar-refractivity contribution >= 4 is 28.9 Å². The Morgan fingerprint density at radius 1 is 1.06 bits per heavy atom. The van der Waals surface area contributed by atoms with E-state index in [0.29, 0.717) is 10.6 Å². The van der Waals surface area contributed by atoms with Gasteiger partial charge in [-0.2, -0.15) is 0 Å². The Bertz CT molecular complexity index is 1010. The van der Waals surface area contributed by atoms with Crippen molar-refractivity contribution < 1.29 is 24.2 Å². The van der Waals surface area contributed by atoms with Crippen LogP contribution in [-0.4, -0.2) is 35.4 Å². The molecule has 2 aromatic rings. The van der Waals surface area contributed by atoms with Crippen LogP contribution in [0, 0.1) is 0 Å². The van der Waals surface area contributed by atoms with Gasteiger partial charge in [-0.25, -0.2) is 9.79 Å². The number of aliphatic hydroxyl groups excluding tert-OH is 1. The number of carbonyl (C=O) groups is 2. The number of hydrogen-bond acceptors (Lipinski definition) is 6. The Hall–Kier alpha value is -2.61. The Morgan fingerprint density at radius 2 is 1.79 bits per heavy atom. The number of esters is 1. The third kappa shape index (κ3) is 7.19. The van der Waals surface area contributed by atoms with Crippen LogP contribution in [0.15, 0.2) is 53.5 Å². The molecule has 6 nitrogen and oxygen atoms in total. The Labute approximate surface area is 199 Å². The summed E-state index contributed by atoms with van der Waals surface area (Å²) in [4.78, 5) is 29.0. The average molecular weight is 470 g/mol. The molecule has 1 N–H and O–H groups in total. The van der Waals surface area contributed by atoms with E-state index < -0.39 is 12.2 Å². The van der Waals surface area contributed by atoms with Crippen LogP contribution in [0.3, 0.4) is 0 Å². The summed E-state index contributed by atoms with van der Waals surface area (Å²) in [6.07, 6.45) is 5.86. The van der Waals surface area contributed by atoms with Crippen LogP contribution in [-0.2, 0) is 14.3 Å². The van der Waals surface area contributed by atoms with Gasteiger partial charge >= 0.3 is 5.97 Å². The molecule has 1 aromatic carbocycles. The lowest BCUT2D eigenvalue weighted by Crippen LogP contribution is -2.12. The van der Waals surface area contributed by atoms with Gasteiger partial charge in [-0.3, -0.25) is 4.79 Å². The van der Waals surface area contributed by atoms with E-state index in [1.165, 1.54) is 17.4 Å². The molecule has 3 rings (SSSR count). The van der Waals surface area contributed by atoms with Crippen LogP contribution in [0.1, 0.15) is 84.3 Å². The van der Waals surface area contributed by atoms with Crippen molar-refractivity contribution in [3.05, 3.63) is 69.4 Å². The van der Waals surface area contributed by atoms with E-state index in [4.69, 9.17) is 9.47 Å². The molecule has 33 heavy (non-hydrogen) atoms. The number of benzene rings is 1. The minimum atomic E-state index is -0.492. The van der Waals surface area contributed by atoms with Crippen molar-refractivity contribution in [2.45, 2.75) is 64.8 Å². The molecular formula is C26H31NO5S. The van der Waals surface area contributed by atoms with Crippen LogP contribution in [0.4, 0.5) is 0 Å². The predicted octanol–water partition coefficient (Wildman–Crippen LogP) is 5.57. The van der Waals surface area contributed by atoms with Gasteiger partial charge in [-0.1, -0.05) is 50.5 Å². The number of nitrogens with zero attached hydrogens (tertiary/aromatic N) is 1. The third-order valence-electron chi connectivity index (χ3n) is 5.20. The van der Waals surface area contributed by atoms with Gasteiger partial charge < -0.3 is 14.6 Å². The van der Waals surface area contributed by atoms with Gasteiger partial charge in [-0.15, -0.1) is 11.3 Å². The summed E-state index contributed by atoms with van der Waals surface area (Å²) >= 11 is 1.32. The number of rotatable bonds is 12. The van der Waals surface area contributed by atoms with E-state index >= 15 is 0 Å². The second-order valence-corrected chi connectivity index (χ2v) is 9.42. The molecule has 0 bridgehead atoms. The highest BCUT2D eigenvalue weighted by Gasteiger charge is 2.22. The average Bonchev–Trinajstić information content (AvgIpc) is 3.43. The summed E-state index contributed by atoms with van der Waals surface area (Å²) in [6.45, 7) is 5.93. The molecule has 176 valence electrons. The minimum absolute atomic E-state index is 0.165. The number of carbonyl (C=O) groups excluding carboxylic acids is 2. The van der Waals surface area contributed by atoms with Gasteiger partial charge in [0.25, 0.3) is 5.91 Å². The zero-order chi connectivity index (χ0) is 23.8. The molecule has 2 heterocycles. The maximum Gasteiger partial charge on any atom is 0.348 e. The number of amides is 1. The molecule has 0 spiro atoms. The van der Waals surface area contributed by atoms with Gasteiger partial charge in [0.2, 0.25) is 0 Å². The van der Waals surface area contributed by atoms with Crippen LogP contribution in [0.2, 0.25) is 0 Å². The van der Waals surface area contributed by atoms with Crippen molar-refractivity contribution in [3.8, 4) is 0 Å². The number of aliphatic imine (C=N–C) groups is 1. The van der Waals surface area contributed by atoms with Gasteiger partial charge in [-0.05, 0) is 49.6 Å². The quantitative estimate of drug-likeness (QED) is 0.324. The Balaban J connectivity index is 1.79. The lowest BCUT2D eigenvalue weighted by molar-refractivity contribution is -0.113. The molecule has 1 aliphatic rings. The molecule has 7 heteroatoms. The van der Waals surface area contributed by atoms with Crippen LogP contribution >= 0.6 is 11.3 Å². The van der Waals surface area contributed by atoms with Crippen molar-refractivity contribution in [1.82, 2.24) is 0 Å². The summed E-state index contributed by atoms with van der Waals surface area (Å²) < 4.78 is 11.5. The first-order valence-corrected chi connectivity index (χ1v) is 12.2. The highest BCUT2D eigenvalue weighted by atomic mass is 32.1. The van der Waals surface area contributed by atoms with E-state index in [9.17, 15) is 14.7 Å². The number of hydrogen-bond donors (Lipinski definition) is 1. The van der Waals surface area contributed by atoms with Gasteiger partial charge in [0, 0.05) is 11.0 Å². The molecule has 0 saturated carbocycles. The largest absolute Gasteiger partial charge is 0.459 e. The number of ether oxygens (including phenoxy) is 2. The molecule has 2 atom stereocenters. The maximum absolute atomic E-state index is 12.3. The van der Waals surface area contributed by atoms with Crippen molar-refractivity contribution in [2.24, 2.45) is 4.99 Å². The maximum atomic E-state index is 12.3. The van der Waals surface area contributed by atoms with E-state index in [1.54, 1.807) is 12.1 Å². The fourth-order valence-electron chi connectivity index (χ4n) is 3.50. The second kappa shape index (κ2) is 12.0. The molecule has 1 aromatic heterocycles. The lowest BCUT2D eigenvalue weighted by Gasteiger charge is -2.18. The lowest BCUT2D eigenvalue weighted by atomic mass is 10.00. The van der Waals surface area contributed by atoms with E-state index in [1.807, 2.05) is 44.2 Å². The van der Waals surface area contributed by atoms with Crippen LogP contribution in [0.5, 0.6) is 0 Å². The third-order valence-corrected chi connectivity index (χ3v) is 6.31. The van der Waals surface area contributed by atoms with Crippen molar-refractivity contribution in [1.29, 1.82) is 0 Å². The van der Waals surface area contributed by atoms with Gasteiger partial charge in [0.15, 0.2) is 0 Å². The smallest absolute Gasteiger partial charge is 0.348 e. The first-order valence-electron chi connectivity index (χ1n) is 11.4. The molecular weight excluding hydrogens is 438 g/mol. The Morgan fingerprint density at radius 3 is 2.42 bits per heavy atom. The molecule has 1 amide bonds. The standard InChI is InChI=1S/C26H31NO5S/c1-4-5-6-7-21(28)18-8-10-19(11-9-18)25(31-16-20-12-15-24(29)27-20)22-13-14-23(33-22)26(30)32-17(2)3/h8-15,17,21,25,28H,4-7,16H2,1-3H3/t21-,25+/m0/s1. The van der Waals surface area contributed by atoms with E-state index in [2.05, 4.69) is 11.9 Å². The summed E-state index contributed by atoms with van der Waals surface area (Å²) in [6, 6.07) is 11.3. The van der Waals surface area contributed by atoms with Gasteiger partial charge in [0.1, 0.15) is 11.0 Å². The first kappa shape index (κ1) is 25.0. The molecule has 0 unspecified atom stereocenters. The van der Waals surface area contributed by atoms with Crippen LogP contribution < -0.4 is 0 Å². The fraction of sp³-hybridized carbons (Fsp3) is 0.423.